The zero-order valence-corrected chi connectivity index (χ0v) is 15.0. The number of benzene rings is 1. The fourth-order valence-corrected chi connectivity index (χ4v) is 2.74. The Labute approximate surface area is 139 Å². The maximum Gasteiger partial charge on any atom is 0.196 e. The van der Waals surface area contributed by atoms with Crippen LogP contribution in [0.2, 0.25) is 0 Å². The standard InChI is InChI=1S/C20H26OS/c1-7-17(18-11-9-8-10-12-18)14-13-15(2)22-19(21)16(3)20(4,5)6/h7-14,16H,1H2,2-6H3/b15-13+,17-14+. The molecule has 118 valence electrons. The number of carbonyl (C=O) groups excluding carboxylic acids is 1. The van der Waals surface area contributed by atoms with Crippen LogP contribution >= 0.6 is 11.8 Å². The van der Waals surface area contributed by atoms with E-state index in [0.29, 0.717) is 0 Å². The lowest BCUT2D eigenvalue weighted by Crippen LogP contribution is -2.23. The van der Waals surface area contributed by atoms with Gasteiger partial charge in [-0.3, -0.25) is 4.79 Å². The highest BCUT2D eigenvalue weighted by molar-refractivity contribution is 8.16. The minimum atomic E-state index is -0.00345. The van der Waals surface area contributed by atoms with E-state index in [4.69, 9.17) is 0 Å². The van der Waals surface area contributed by atoms with Crippen LogP contribution in [0.5, 0.6) is 0 Å². The quantitative estimate of drug-likeness (QED) is 0.611. The number of allylic oxidation sites excluding steroid dienone is 5. The summed E-state index contributed by atoms with van der Waals surface area (Å²) in [5, 5.41) is 0.217. The summed E-state index contributed by atoms with van der Waals surface area (Å²) in [5.41, 5.74) is 2.18. The number of hydrogen-bond donors (Lipinski definition) is 0. The van der Waals surface area contributed by atoms with Gasteiger partial charge >= 0.3 is 0 Å². The summed E-state index contributed by atoms with van der Waals surface area (Å²) in [7, 11) is 0. The van der Waals surface area contributed by atoms with E-state index < -0.39 is 0 Å². The highest BCUT2D eigenvalue weighted by atomic mass is 32.2. The zero-order valence-electron chi connectivity index (χ0n) is 14.2. The van der Waals surface area contributed by atoms with Crippen LogP contribution in [-0.4, -0.2) is 5.12 Å². The molecule has 0 radical (unpaired) electrons. The molecular formula is C20H26OS. The van der Waals surface area contributed by atoms with Crippen molar-refractivity contribution < 1.29 is 4.79 Å². The first kappa shape index (κ1) is 18.5. The lowest BCUT2D eigenvalue weighted by atomic mass is 9.83. The van der Waals surface area contributed by atoms with Crippen molar-refractivity contribution in [2.75, 3.05) is 0 Å². The molecule has 1 nitrogen and oxygen atoms in total. The molecule has 1 aromatic carbocycles. The van der Waals surface area contributed by atoms with Crippen LogP contribution in [0.4, 0.5) is 0 Å². The van der Waals surface area contributed by atoms with Gasteiger partial charge in [-0.15, -0.1) is 0 Å². The topological polar surface area (TPSA) is 17.1 Å². The number of carbonyl (C=O) groups is 1. The second kappa shape index (κ2) is 8.19. The largest absolute Gasteiger partial charge is 0.287 e. The van der Waals surface area contributed by atoms with Gasteiger partial charge in [0.05, 0.1) is 0 Å². The van der Waals surface area contributed by atoms with Crippen molar-refractivity contribution in [3.05, 3.63) is 65.6 Å². The summed E-state index contributed by atoms with van der Waals surface area (Å²) in [5.74, 6) is 0.0258. The van der Waals surface area contributed by atoms with Crippen molar-refractivity contribution in [3.8, 4) is 0 Å². The second-order valence-corrected chi connectivity index (χ2v) is 7.73. The van der Waals surface area contributed by atoms with Crippen LogP contribution in [0.15, 0.2) is 60.0 Å². The summed E-state index contributed by atoms with van der Waals surface area (Å²) in [6.45, 7) is 14.1. The van der Waals surface area contributed by atoms with Gasteiger partial charge in [-0.25, -0.2) is 0 Å². The Morgan fingerprint density at radius 1 is 1.18 bits per heavy atom. The lowest BCUT2D eigenvalue weighted by molar-refractivity contribution is -0.116. The van der Waals surface area contributed by atoms with Crippen LogP contribution < -0.4 is 0 Å². The van der Waals surface area contributed by atoms with E-state index in [0.717, 1.165) is 16.0 Å². The minimum Gasteiger partial charge on any atom is -0.287 e. The molecule has 0 aliphatic heterocycles. The third-order valence-electron chi connectivity index (χ3n) is 3.74. The molecule has 1 atom stereocenters. The molecule has 0 bridgehead atoms. The smallest absolute Gasteiger partial charge is 0.196 e. The Kier molecular flexibility index (Phi) is 6.89. The fraction of sp³-hybridized carbons (Fsp3) is 0.350. The molecule has 0 spiro atoms. The molecule has 1 aromatic rings. The molecule has 0 aliphatic rings. The van der Waals surface area contributed by atoms with Crippen LogP contribution in [0, 0.1) is 11.3 Å². The molecule has 0 fully saturated rings. The Bertz CT molecular complexity index is 573. The normalized spacial score (nSPS) is 14.6. The van der Waals surface area contributed by atoms with Crippen LogP contribution in [0.25, 0.3) is 5.57 Å². The summed E-state index contributed by atoms with van der Waals surface area (Å²) < 4.78 is 0. The third kappa shape index (κ3) is 5.69. The van der Waals surface area contributed by atoms with Crippen LogP contribution in [0.1, 0.15) is 40.2 Å². The molecule has 22 heavy (non-hydrogen) atoms. The molecule has 1 rings (SSSR count). The first-order valence-corrected chi connectivity index (χ1v) is 8.35. The van der Waals surface area contributed by atoms with Gasteiger partial charge in [0.15, 0.2) is 5.12 Å². The average molecular weight is 314 g/mol. The number of hydrogen-bond acceptors (Lipinski definition) is 2. The van der Waals surface area contributed by atoms with E-state index in [2.05, 4.69) is 39.5 Å². The summed E-state index contributed by atoms with van der Waals surface area (Å²) in [6, 6.07) is 10.1. The van der Waals surface area contributed by atoms with Gasteiger partial charge in [0.1, 0.15) is 0 Å². The van der Waals surface area contributed by atoms with E-state index in [-0.39, 0.29) is 16.4 Å². The zero-order chi connectivity index (χ0) is 16.8. The molecule has 0 saturated heterocycles. The first-order chi connectivity index (χ1) is 10.3. The van der Waals surface area contributed by atoms with E-state index in [1.807, 2.05) is 50.3 Å². The Balaban J connectivity index is 2.82. The number of thioether (sulfide) groups is 1. The fourth-order valence-electron chi connectivity index (χ4n) is 1.75. The molecule has 0 aromatic heterocycles. The Morgan fingerprint density at radius 3 is 2.27 bits per heavy atom. The van der Waals surface area contributed by atoms with Gasteiger partial charge in [0.25, 0.3) is 0 Å². The molecule has 0 amide bonds. The van der Waals surface area contributed by atoms with Crippen molar-refractivity contribution in [3.63, 3.8) is 0 Å². The van der Waals surface area contributed by atoms with Crippen molar-refractivity contribution in [2.45, 2.75) is 34.6 Å². The van der Waals surface area contributed by atoms with Crippen molar-refractivity contribution in [2.24, 2.45) is 11.3 Å². The molecule has 2 heteroatoms. The lowest BCUT2D eigenvalue weighted by Gasteiger charge is -2.25. The molecule has 1 unspecified atom stereocenters. The van der Waals surface area contributed by atoms with Gasteiger partial charge in [0.2, 0.25) is 0 Å². The predicted molar refractivity (Wildman–Crippen MR) is 99.6 cm³/mol. The number of rotatable bonds is 5. The maximum absolute atomic E-state index is 12.3. The van der Waals surface area contributed by atoms with Crippen molar-refractivity contribution in [1.82, 2.24) is 0 Å². The van der Waals surface area contributed by atoms with Crippen LogP contribution in [0.3, 0.4) is 0 Å². The molecule has 0 heterocycles. The van der Waals surface area contributed by atoms with E-state index in [9.17, 15) is 4.79 Å². The SMILES string of the molecule is C=C/C(=C\C=C(/C)SC(=O)C(C)C(C)(C)C)c1ccccc1. The second-order valence-electron chi connectivity index (χ2n) is 6.48. The van der Waals surface area contributed by atoms with Gasteiger partial charge in [-0.05, 0) is 28.4 Å². The van der Waals surface area contributed by atoms with Crippen LogP contribution in [-0.2, 0) is 4.79 Å². The summed E-state index contributed by atoms with van der Waals surface area (Å²) in [6.07, 6.45) is 5.84. The van der Waals surface area contributed by atoms with E-state index in [1.54, 1.807) is 0 Å². The molecule has 0 aliphatic carbocycles. The Hall–Kier alpha value is -1.54. The minimum absolute atomic E-state index is 0.00345. The highest BCUT2D eigenvalue weighted by Gasteiger charge is 2.27. The first-order valence-electron chi connectivity index (χ1n) is 7.54. The monoisotopic (exact) mass is 314 g/mol. The molecule has 0 saturated carbocycles. The van der Waals surface area contributed by atoms with E-state index >= 15 is 0 Å². The van der Waals surface area contributed by atoms with Crippen molar-refractivity contribution >= 4 is 22.5 Å². The van der Waals surface area contributed by atoms with Gasteiger partial charge < -0.3 is 0 Å². The summed E-state index contributed by atoms with van der Waals surface area (Å²) >= 11 is 1.33. The highest BCUT2D eigenvalue weighted by Crippen LogP contribution is 2.32. The van der Waals surface area contributed by atoms with Gasteiger partial charge in [-0.1, -0.05) is 94.6 Å². The third-order valence-corrected chi connectivity index (χ3v) is 4.75. The van der Waals surface area contributed by atoms with Gasteiger partial charge in [-0.2, -0.15) is 0 Å². The molecular weight excluding hydrogens is 288 g/mol. The average Bonchev–Trinajstić information content (AvgIpc) is 2.47. The van der Waals surface area contributed by atoms with Gasteiger partial charge in [0, 0.05) is 5.92 Å². The predicted octanol–water partition coefficient (Wildman–Crippen LogP) is 6.10. The van der Waals surface area contributed by atoms with Crippen molar-refractivity contribution in [1.29, 1.82) is 0 Å². The summed E-state index contributed by atoms with van der Waals surface area (Å²) in [4.78, 5) is 13.3. The Morgan fingerprint density at radius 2 is 1.77 bits per heavy atom. The molecule has 0 N–H and O–H groups in total. The van der Waals surface area contributed by atoms with E-state index in [1.165, 1.54) is 11.8 Å². The maximum atomic E-state index is 12.3.